The maximum Gasteiger partial charge on any atom is 0.433 e. The zero-order valence-corrected chi connectivity index (χ0v) is 13.8. The van der Waals surface area contributed by atoms with Crippen molar-refractivity contribution < 1.29 is 22.8 Å². The lowest BCUT2D eigenvalue weighted by atomic mass is 9.90. The van der Waals surface area contributed by atoms with Crippen molar-refractivity contribution in [3.8, 4) is 6.07 Å². The number of nitrogens with one attached hydrogen (secondary N) is 1. The van der Waals surface area contributed by atoms with Gasteiger partial charge in [0.1, 0.15) is 17.6 Å². The Morgan fingerprint density at radius 3 is 2.27 bits per heavy atom. The summed E-state index contributed by atoms with van der Waals surface area (Å²) in [6, 6.07) is 3.41. The number of aromatic nitrogens is 1. The molecule has 0 radical (unpaired) electrons. The third kappa shape index (κ3) is 3.64. The second-order valence-corrected chi connectivity index (χ2v) is 6.51. The van der Waals surface area contributed by atoms with Crippen LogP contribution < -0.4 is 5.32 Å². The maximum atomic E-state index is 12.8. The van der Waals surface area contributed by atoms with E-state index in [1.165, 1.54) is 4.90 Å². The SMILES string of the molecule is N#Cc1ccc(C(F)(F)F)nc1NC1CCC(N2C(=O)CCC2=O)CC1. The Bertz CT molecular complexity index is 748. The summed E-state index contributed by atoms with van der Waals surface area (Å²) < 4.78 is 38.5. The van der Waals surface area contributed by atoms with Crippen LogP contribution in [0.3, 0.4) is 0 Å². The number of carbonyl (C=O) groups excluding carboxylic acids is 2. The van der Waals surface area contributed by atoms with Gasteiger partial charge in [-0.2, -0.15) is 18.4 Å². The Hall–Kier alpha value is -2.63. The number of nitrogens with zero attached hydrogens (tertiary/aromatic N) is 3. The summed E-state index contributed by atoms with van der Waals surface area (Å²) in [4.78, 5) is 28.5. The van der Waals surface area contributed by atoms with Crippen molar-refractivity contribution in [1.29, 1.82) is 5.26 Å². The molecule has 0 bridgehead atoms. The van der Waals surface area contributed by atoms with Gasteiger partial charge in [0, 0.05) is 24.9 Å². The number of anilines is 1. The van der Waals surface area contributed by atoms with Gasteiger partial charge in [-0.25, -0.2) is 4.98 Å². The van der Waals surface area contributed by atoms with Gasteiger partial charge >= 0.3 is 6.18 Å². The monoisotopic (exact) mass is 366 g/mol. The number of hydrogen-bond acceptors (Lipinski definition) is 5. The molecule has 0 atom stereocenters. The number of nitriles is 1. The number of alkyl halides is 3. The van der Waals surface area contributed by atoms with E-state index in [1.54, 1.807) is 0 Å². The van der Waals surface area contributed by atoms with Crippen LogP contribution in [-0.2, 0) is 15.8 Å². The minimum atomic E-state index is -4.58. The molecule has 9 heteroatoms. The highest BCUT2D eigenvalue weighted by molar-refractivity contribution is 6.02. The first-order valence-electron chi connectivity index (χ1n) is 8.39. The predicted octanol–water partition coefficient (Wildman–Crippen LogP) is 2.84. The van der Waals surface area contributed by atoms with Crippen LogP contribution in [0.4, 0.5) is 19.0 Å². The molecule has 1 saturated carbocycles. The second-order valence-electron chi connectivity index (χ2n) is 6.51. The normalized spacial score (nSPS) is 23.8. The molecule has 138 valence electrons. The second kappa shape index (κ2) is 6.94. The van der Waals surface area contributed by atoms with Crippen molar-refractivity contribution in [3.05, 3.63) is 23.4 Å². The van der Waals surface area contributed by atoms with Crippen LogP contribution in [0.15, 0.2) is 12.1 Å². The molecule has 1 aliphatic carbocycles. The first kappa shape index (κ1) is 18.2. The maximum absolute atomic E-state index is 12.8. The van der Waals surface area contributed by atoms with Crippen molar-refractivity contribution in [2.75, 3.05) is 5.32 Å². The summed E-state index contributed by atoms with van der Waals surface area (Å²) in [6.07, 6.45) is -1.78. The third-order valence-electron chi connectivity index (χ3n) is 4.80. The summed E-state index contributed by atoms with van der Waals surface area (Å²) >= 11 is 0. The smallest absolute Gasteiger partial charge is 0.366 e. The van der Waals surface area contributed by atoms with Gasteiger partial charge in [-0.1, -0.05) is 0 Å². The van der Waals surface area contributed by atoms with Gasteiger partial charge in [0.2, 0.25) is 11.8 Å². The number of hydrogen-bond donors (Lipinski definition) is 1. The van der Waals surface area contributed by atoms with E-state index in [9.17, 15) is 22.8 Å². The van der Waals surface area contributed by atoms with Gasteiger partial charge in [-0.05, 0) is 37.8 Å². The molecule has 6 nitrogen and oxygen atoms in total. The van der Waals surface area contributed by atoms with Crippen LogP contribution in [0.5, 0.6) is 0 Å². The van der Waals surface area contributed by atoms with E-state index in [1.807, 2.05) is 6.07 Å². The van der Waals surface area contributed by atoms with E-state index in [2.05, 4.69) is 10.3 Å². The van der Waals surface area contributed by atoms with Crippen molar-refractivity contribution in [2.24, 2.45) is 0 Å². The van der Waals surface area contributed by atoms with E-state index in [4.69, 9.17) is 5.26 Å². The Balaban J connectivity index is 1.67. The van der Waals surface area contributed by atoms with Crippen molar-refractivity contribution in [1.82, 2.24) is 9.88 Å². The lowest BCUT2D eigenvalue weighted by Crippen LogP contribution is -2.43. The molecule has 2 fully saturated rings. The molecule has 1 aromatic heterocycles. The van der Waals surface area contributed by atoms with Gasteiger partial charge in [-0.3, -0.25) is 14.5 Å². The highest BCUT2D eigenvalue weighted by Gasteiger charge is 2.37. The minimum Gasteiger partial charge on any atom is -0.366 e. The van der Waals surface area contributed by atoms with Crippen molar-refractivity contribution >= 4 is 17.6 Å². The Morgan fingerprint density at radius 2 is 1.73 bits per heavy atom. The van der Waals surface area contributed by atoms with E-state index in [0.717, 1.165) is 12.1 Å². The first-order valence-corrected chi connectivity index (χ1v) is 8.39. The van der Waals surface area contributed by atoms with E-state index in [0.29, 0.717) is 25.7 Å². The largest absolute Gasteiger partial charge is 0.433 e. The number of carbonyl (C=O) groups is 2. The summed E-state index contributed by atoms with van der Waals surface area (Å²) in [7, 11) is 0. The molecule has 2 amide bonds. The number of amides is 2. The molecular weight excluding hydrogens is 349 g/mol. The molecule has 0 unspecified atom stereocenters. The van der Waals surface area contributed by atoms with Gasteiger partial charge < -0.3 is 5.32 Å². The van der Waals surface area contributed by atoms with E-state index >= 15 is 0 Å². The number of imide groups is 1. The molecule has 0 aromatic carbocycles. The Kier molecular flexibility index (Phi) is 4.85. The summed E-state index contributed by atoms with van der Waals surface area (Å²) in [6.45, 7) is 0. The lowest BCUT2D eigenvalue weighted by molar-refractivity contribution is -0.142. The summed E-state index contributed by atoms with van der Waals surface area (Å²) in [5.74, 6) is -0.394. The van der Waals surface area contributed by atoms with Gasteiger partial charge in [0.15, 0.2) is 0 Å². The molecule has 1 N–H and O–H groups in total. The van der Waals surface area contributed by atoms with Crippen LogP contribution in [0.2, 0.25) is 0 Å². The molecule has 0 spiro atoms. The first-order chi connectivity index (χ1) is 12.3. The molecule has 2 heterocycles. The average molecular weight is 366 g/mol. The van der Waals surface area contributed by atoms with Gasteiger partial charge in [-0.15, -0.1) is 0 Å². The molecule has 1 aromatic rings. The van der Waals surface area contributed by atoms with Crippen molar-refractivity contribution in [3.63, 3.8) is 0 Å². The third-order valence-corrected chi connectivity index (χ3v) is 4.80. The fraction of sp³-hybridized carbons (Fsp3) is 0.529. The predicted molar refractivity (Wildman–Crippen MR) is 84.7 cm³/mol. The van der Waals surface area contributed by atoms with Crippen LogP contribution in [0.1, 0.15) is 49.8 Å². The van der Waals surface area contributed by atoms with E-state index in [-0.39, 0.29) is 48.1 Å². The summed E-state index contributed by atoms with van der Waals surface area (Å²) in [5.41, 5.74) is -1.01. The average Bonchev–Trinajstić information content (AvgIpc) is 2.93. The number of likely N-dealkylation sites (tertiary alicyclic amines) is 1. The fourth-order valence-electron chi connectivity index (χ4n) is 3.49. The van der Waals surface area contributed by atoms with Crippen LogP contribution in [0, 0.1) is 11.3 Å². The lowest BCUT2D eigenvalue weighted by Gasteiger charge is -2.34. The quantitative estimate of drug-likeness (QED) is 0.832. The standard InChI is InChI=1S/C17H17F3N4O2/c18-17(19,20)13-6-1-10(9-21)16(23-13)22-11-2-4-12(5-3-11)24-14(25)7-8-15(24)26/h1,6,11-12H,2-5,7-8H2,(H,22,23). The molecule has 26 heavy (non-hydrogen) atoms. The van der Waals surface area contributed by atoms with Crippen molar-refractivity contribution in [2.45, 2.75) is 56.8 Å². The highest BCUT2D eigenvalue weighted by atomic mass is 19.4. The van der Waals surface area contributed by atoms with Crippen LogP contribution >= 0.6 is 0 Å². The van der Waals surface area contributed by atoms with Gasteiger partial charge in [0.05, 0.1) is 5.56 Å². The molecule has 2 aliphatic rings. The Labute approximate surface area is 148 Å². The molecular formula is C17H17F3N4O2. The molecule has 1 saturated heterocycles. The van der Waals surface area contributed by atoms with Crippen LogP contribution in [-0.4, -0.2) is 33.8 Å². The summed E-state index contributed by atoms with van der Waals surface area (Å²) in [5, 5.41) is 12.0. The zero-order valence-electron chi connectivity index (χ0n) is 13.8. The molecule has 1 aliphatic heterocycles. The number of rotatable bonds is 3. The molecule has 3 rings (SSSR count). The fourth-order valence-corrected chi connectivity index (χ4v) is 3.49. The zero-order chi connectivity index (χ0) is 18.9. The Morgan fingerprint density at radius 1 is 1.12 bits per heavy atom. The number of halogens is 3. The van der Waals surface area contributed by atoms with E-state index < -0.39 is 11.9 Å². The highest BCUT2D eigenvalue weighted by Crippen LogP contribution is 2.32. The minimum absolute atomic E-state index is 0.0463. The van der Waals surface area contributed by atoms with Crippen LogP contribution in [0.25, 0.3) is 0 Å². The van der Waals surface area contributed by atoms with Gasteiger partial charge in [0.25, 0.3) is 0 Å². The topological polar surface area (TPSA) is 86.1 Å². The number of pyridine rings is 1.